The van der Waals surface area contributed by atoms with E-state index in [-0.39, 0.29) is 10.8 Å². The maximum absolute atomic E-state index is 13.0. The van der Waals surface area contributed by atoms with Gasteiger partial charge in [-0.25, -0.2) is 12.7 Å². The second-order valence-electron chi connectivity index (χ2n) is 7.52. The number of rotatable bonds is 6. The lowest BCUT2D eigenvalue weighted by Crippen LogP contribution is -2.23. The van der Waals surface area contributed by atoms with Crippen molar-refractivity contribution in [3.63, 3.8) is 0 Å². The summed E-state index contributed by atoms with van der Waals surface area (Å²) < 4.78 is 28.0. The Hall–Kier alpha value is -2.68. The first-order chi connectivity index (χ1) is 14.5. The third-order valence-electron chi connectivity index (χ3n) is 5.09. The first-order valence-corrected chi connectivity index (χ1v) is 11.5. The van der Waals surface area contributed by atoms with E-state index in [0.29, 0.717) is 39.8 Å². The number of nitrogens with one attached hydrogen (secondary N) is 1. The molecular weight excluding hydrogens is 436 g/mol. The molecule has 7 nitrogen and oxygen atoms in total. The third-order valence-corrected chi connectivity index (χ3v) is 7.42. The summed E-state index contributed by atoms with van der Waals surface area (Å²) in [5, 5.41) is 7.94. The highest BCUT2D eigenvalue weighted by atomic mass is 35.5. The third kappa shape index (κ3) is 4.66. The predicted octanol–water partition coefficient (Wildman–Crippen LogP) is 4.01. The van der Waals surface area contributed by atoms with E-state index in [0.717, 1.165) is 9.87 Å². The van der Waals surface area contributed by atoms with Gasteiger partial charge in [-0.2, -0.15) is 5.10 Å². The van der Waals surface area contributed by atoms with E-state index in [4.69, 9.17) is 11.6 Å². The van der Waals surface area contributed by atoms with Gasteiger partial charge in [0.05, 0.1) is 22.7 Å². The second kappa shape index (κ2) is 8.82. The van der Waals surface area contributed by atoms with Gasteiger partial charge in [-0.3, -0.25) is 9.48 Å². The van der Waals surface area contributed by atoms with Crippen LogP contribution in [-0.4, -0.2) is 42.5 Å². The highest BCUT2D eigenvalue weighted by molar-refractivity contribution is 7.89. The Labute approximate surface area is 187 Å². The summed E-state index contributed by atoms with van der Waals surface area (Å²) in [7, 11) is -0.684. The van der Waals surface area contributed by atoms with Gasteiger partial charge in [0.25, 0.3) is 5.91 Å². The molecule has 0 spiro atoms. The average Bonchev–Trinajstić information content (AvgIpc) is 2.98. The van der Waals surface area contributed by atoms with Crippen LogP contribution in [0.1, 0.15) is 32.9 Å². The molecule has 164 valence electrons. The zero-order chi connectivity index (χ0) is 22.9. The minimum absolute atomic E-state index is 0.151. The zero-order valence-corrected chi connectivity index (χ0v) is 19.7. The lowest BCUT2D eigenvalue weighted by molar-refractivity contribution is 0.102. The Morgan fingerprint density at radius 1 is 1.13 bits per heavy atom. The molecule has 0 saturated heterocycles. The summed E-state index contributed by atoms with van der Waals surface area (Å²) in [6.07, 6.45) is 0. The van der Waals surface area contributed by atoms with E-state index in [1.165, 1.54) is 20.2 Å². The number of halogens is 1. The van der Waals surface area contributed by atoms with Crippen molar-refractivity contribution in [1.29, 1.82) is 0 Å². The Morgan fingerprint density at radius 3 is 2.45 bits per heavy atom. The normalized spacial score (nSPS) is 11.7. The maximum Gasteiger partial charge on any atom is 0.259 e. The van der Waals surface area contributed by atoms with E-state index < -0.39 is 10.0 Å². The highest BCUT2D eigenvalue weighted by Gasteiger charge is 2.22. The first-order valence-electron chi connectivity index (χ1n) is 9.64. The first kappa shape index (κ1) is 23.0. The molecule has 2 aromatic carbocycles. The molecule has 0 unspecified atom stereocenters. The molecule has 31 heavy (non-hydrogen) atoms. The maximum atomic E-state index is 13.0. The van der Waals surface area contributed by atoms with Crippen LogP contribution in [0, 0.1) is 20.8 Å². The molecule has 9 heteroatoms. The Kier molecular flexibility index (Phi) is 6.54. The van der Waals surface area contributed by atoms with Crippen LogP contribution in [0.4, 0.5) is 5.69 Å². The van der Waals surface area contributed by atoms with Gasteiger partial charge < -0.3 is 5.32 Å². The largest absolute Gasteiger partial charge is 0.322 e. The molecule has 0 bridgehead atoms. The van der Waals surface area contributed by atoms with Crippen LogP contribution >= 0.6 is 11.6 Å². The molecule has 1 N–H and O–H groups in total. The summed E-state index contributed by atoms with van der Waals surface area (Å²) in [6, 6.07) is 12.3. The van der Waals surface area contributed by atoms with Gasteiger partial charge in [0, 0.05) is 30.5 Å². The quantitative estimate of drug-likeness (QED) is 0.602. The fourth-order valence-electron chi connectivity index (χ4n) is 3.31. The molecule has 0 aliphatic rings. The number of anilines is 1. The molecule has 3 aromatic rings. The summed E-state index contributed by atoms with van der Waals surface area (Å²) in [4.78, 5) is 13.2. The van der Waals surface area contributed by atoms with E-state index in [9.17, 15) is 13.2 Å². The monoisotopic (exact) mass is 460 g/mol. The Bertz CT molecular complexity index is 1250. The van der Waals surface area contributed by atoms with Gasteiger partial charge in [0.2, 0.25) is 10.0 Å². The lowest BCUT2D eigenvalue weighted by atomic mass is 10.1. The van der Waals surface area contributed by atoms with Crippen LogP contribution < -0.4 is 5.32 Å². The van der Waals surface area contributed by atoms with Crippen LogP contribution in [-0.2, 0) is 16.6 Å². The predicted molar refractivity (Wildman–Crippen MR) is 122 cm³/mol. The van der Waals surface area contributed by atoms with Gasteiger partial charge in [0.1, 0.15) is 0 Å². The number of hydrogen-bond acceptors (Lipinski definition) is 4. The number of nitrogens with zero attached hydrogens (tertiary/aromatic N) is 3. The standard InChI is InChI=1S/C22H25ClN4O3S/c1-14-10-11-18(12-20(14)31(29,30)26(4)5)24-22(28)21-15(2)25-27(16(21)3)13-17-8-6-7-9-19(17)23/h6-12H,13H2,1-5H3,(H,24,28). The number of aromatic nitrogens is 2. The molecule has 0 fully saturated rings. The zero-order valence-electron chi connectivity index (χ0n) is 18.1. The molecule has 0 saturated carbocycles. The van der Waals surface area contributed by atoms with Gasteiger partial charge >= 0.3 is 0 Å². The molecule has 1 aromatic heterocycles. The van der Waals surface area contributed by atoms with E-state index >= 15 is 0 Å². The highest BCUT2D eigenvalue weighted by Crippen LogP contribution is 2.24. The van der Waals surface area contributed by atoms with Crippen molar-refractivity contribution in [2.45, 2.75) is 32.2 Å². The average molecular weight is 461 g/mol. The number of hydrogen-bond donors (Lipinski definition) is 1. The van der Waals surface area contributed by atoms with Crippen LogP contribution in [0.2, 0.25) is 5.02 Å². The summed E-state index contributed by atoms with van der Waals surface area (Å²) in [5.74, 6) is -0.350. The van der Waals surface area contributed by atoms with Crippen molar-refractivity contribution in [3.8, 4) is 0 Å². The lowest BCUT2D eigenvalue weighted by Gasteiger charge is -2.15. The van der Waals surface area contributed by atoms with Crippen molar-refractivity contribution in [2.24, 2.45) is 0 Å². The number of aryl methyl sites for hydroxylation is 2. The second-order valence-corrected chi connectivity index (χ2v) is 10.0. The van der Waals surface area contributed by atoms with E-state index in [1.807, 2.05) is 31.2 Å². The van der Waals surface area contributed by atoms with Gasteiger partial charge in [-0.1, -0.05) is 35.9 Å². The van der Waals surface area contributed by atoms with Gasteiger partial charge in [-0.05, 0) is 50.1 Å². The van der Waals surface area contributed by atoms with Gasteiger partial charge in [-0.15, -0.1) is 0 Å². The summed E-state index contributed by atoms with van der Waals surface area (Å²) >= 11 is 6.26. The molecule has 1 amide bonds. The minimum Gasteiger partial charge on any atom is -0.322 e. The molecule has 3 rings (SSSR count). The summed E-state index contributed by atoms with van der Waals surface area (Å²) in [5.41, 5.74) is 3.63. The molecule has 0 radical (unpaired) electrons. The van der Waals surface area contributed by atoms with E-state index in [1.54, 1.807) is 30.7 Å². The van der Waals surface area contributed by atoms with E-state index in [2.05, 4.69) is 10.4 Å². The number of carbonyl (C=O) groups excluding carboxylic acids is 1. The molecule has 0 atom stereocenters. The van der Waals surface area contributed by atoms with Crippen molar-refractivity contribution in [3.05, 3.63) is 75.6 Å². The number of carbonyl (C=O) groups is 1. The van der Waals surface area contributed by atoms with Crippen LogP contribution in [0.15, 0.2) is 47.4 Å². The van der Waals surface area contributed by atoms with Crippen LogP contribution in [0.25, 0.3) is 0 Å². The molecule has 0 aliphatic heterocycles. The van der Waals surface area contributed by atoms with Gasteiger partial charge in [0.15, 0.2) is 0 Å². The SMILES string of the molecule is Cc1ccc(NC(=O)c2c(C)nn(Cc3ccccc3Cl)c2C)cc1S(=O)(=O)N(C)C. The smallest absolute Gasteiger partial charge is 0.259 e. The Morgan fingerprint density at radius 2 is 1.81 bits per heavy atom. The van der Waals surface area contributed by atoms with Crippen molar-refractivity contribution < 1.29 is 13.2 Å². The molecule has 1 heterocycles. The number of amides is 1. The fraction of sp³-hybridized carbons (Fsp3) is 0.273. The van der Waals surface area contributed by atoms with Crippen molar-refractivity contribution in [1.82, 2.24) is 14.1 Å². The molecular formula is C22H25ClN4O3S. The van der Waals surface area contributed by atoms with Crippen molar-refractivity contribution in [2.75, 3.05) is 19.4 Å². The van der Waals surface area contributed by atoms with Crippen molar-refractivity contribution >= 4 is 33.2 Å². The van der Waals surface area contributed by atoms with Crippen LogP contribution in [0.3, 0.4) is 0 Å². The number of benzene rings is 2. The van der Waals surface area contributed by atoms with Crippen LogP contribution in [0.5, 0.6) is 0 Å². The molecule has 0 aliphatic carbocycles. The number of sulfonamides is 1. The minimum atomic E-state index is -3.63. The fourth-order valence-corrected chi connectivity index (χ4v) is 4.65. The summed E-state index contributed by atoms with van der Waals surface area (Å²) in [6.45, 7) is 5.75. The topological polar surface area (TPSA) is 84.3 Å². The Balaban J connectivity index is 1.90.